The topological polar surface area (TPSA) is 55.7 Å². The van der Waals surface area contributed by atoms with Gasteiger partial charge < -0.3 is 4.84 Å². The monoisotopic (exact) mass is 317 g/mol. The minimum absolute atomic E-state index is 0.112. The maximum Gasteiger partial charge on any atom is 0.206 e. The fraction of sp³-hybridized carbons (Fsp3) is 0.353. The minimum atomic E-state index is -0.870. The molecule has 1 fully saturated rings. The second kappa shape index (κ2) is 6.92. The number of thioether (sulfide) groups is 1. The number of hydrogen-bond donors (Lipinski definition) is 0. The Hall–Kier alpha value is -1.88. The van der Waals surface area contributed by atoms with Crippen LogP contribution in [0.3, 0.4) is 0 Å². The highest BCUT2D eigenvalue weighted by atomic mass is 32.2. The van der Waals surface area contributed by atoms with Crippen molar-refractivity contribution in [2.75, 3.05) is 6.61 Å². The number of oxime groups is 1. The summed E-state index contributed by atoms with van der Waals surface area (Å²) in [6.45, 7) is 7.59. The summed E-state index contributed by atoms with van der Waals surface area (Å²) in [5, 5.41) is 3.87. The van der Waals surface area contributed by atoms with E-state index < -0.39 is 5.92 Å². The first-order valence-corrected chi connectivity index (χ1v) is 7.88. The van der Waals surface area contributed by atoms with E-state index in [1.165, 1.54) is 11.8 Å². The molecule has 1 atom stereocenters. The van der Waals surface area contributed by atoms with E-state index in [1.54, 1.807) is 6.08 Å². The van der Waals surface area contributed by atoms with Gasteiger partial charge in [-0.3, -0.25) is 9.59 Å². The van der Waals surface area contributed by atoms with Crippen LogP contribution in [-0.4, -0.2) is 28.0 Å². The molecule has 1 unspecified atom stereocenters. The van der Waals surface area contributed by atoms with Crippen molar-refractivity contribution in [3.05, 3.63) is 48.6 Å². The van der Waals surface area contributed by atoms with Crippen molar-refractivity contribution in [2.45, 2.75) is 25.0 Å². The Balaban J connectivity index is 2.37. The Morgan fingerprint density at radius 2 is 2.09 bits per heavy atom. The maximum absolute atomic E-state index is 12.5. The lowest BCUT2D eigenvalue weighted by Gasteiger charge is -2.31. The number of hydrogen-bond acceptors (Lipinski definition) is 5. The van der Waals surface area contributed by atoms with Crippen LogP contribution in [0, 0.1) is 5.92 Å². The van der Waals surface area contributed by atoms with Gasteiger partial charge in [-0.1, -0.05) is 59.9 Å². The largest absolute Gasteiger partial charge is 0.391 e. The number of carbonyl (C=O) groups is 2. The molecule has 0 aliphatic carbocycles. The Kier molecular flexibility index (Phi) is 5.19. The van der Waals surface area contributed by atoms with Crippen LogP contribution in [0.2, 0.25) is 0 Å². The van der Waals surface area contributed by atoms with E-state index in [0.717, 1.165) is 5.56 Å². The number of rotatable bonds is 5. The SMILES string of the molecule is C=CCON=C(c1ccccc1)C1C(=O)CC(C)(C)SC1=O. The normalized spacial score (nSPS) is 21.5. The van der Waals surface area contributed by atoms with E-state index in [4.69, 9.17) is 4.84 Å². The average Bonchev–Trinajstić information content (AvgIpc) is 2.45. The number of nitrogens with zero attached hydrogens (tertiary/aromatic N) is 1. The highest BCUT2D eigenvalue weighted by Gasteiger charge is 2.43. The van der Waals surface area contributed by atoms with Gasteiger partial charge in [0.1, 0.15) is 18.2 Å². The van der Waals surface area contributed by atoms with Crippen LogP contribution in [0.15, 0.2) is 48.1 Å². The van der Waals surface area contributed by atoms with E-state index >= 15 is 0 Å². The van der Waals surface area contributed by atoms with Crippen molar-refractivity contribution in [2.24, 2.45) is 11.1 Å². The summed E-state index contributed by atoms with van der Waals surface area (Å²) in [6.07, 6.45) is 1.90. The standard InChI is InChI=1S/C17H19NO3S/c1-4-10-21-18-15(12-8-6-5-7-9-12)14-13(19)11-17(2,3)22-16(14)20/h4-9,14H,1,10-11H2,2-3H3. The van der Waals surface area contributed by atoms with Crippen LogP contribution in [0.1, 0.15) is 25.8 Å². The molecule has 1 aromatic rings. The fourth-order valence-corrected chi connectivity index (χ4v) is 3.45. The number of carbonyl (C=O) groups excluding carboxylic acids is 2. The molecule has 0 saturated carbocycles. The van der Waals surface area contributed by atoms with Gasteiger partial charge in [0.05, 0.1) is 0 Å². The smallest absolute Gasteiger partial charge is 0.206 e. The van der Waals surface area contributed by atoms with Crippen LogP contribution in [0.5, 0.6) is 0 Å². The Labute approximate surface area is 134 Å². The van der Waals surface area contributed by atoms with Gasteiger partial charge >= 0.3 is 0 Å². The number of Topliss-reactive ketones (excluding diaryl/α,β-unsaturated/α-hetero) is 1. The molecule has 0 radical (unpaired) electrons. The molecule has 0 amide bonds. The highest BCUT2D eigenvalue weighted by Crippen LogP contribution is 2.38. The zero-order valence-electron chi connectivity index (χ0n) is 12.7. The first-order chi connectivity index (χ1) is 10.4. The lowest BCUT2D eigenvalue weighted by Crippen LogP contribution is -2.41. The molecule has 116 valence electrons. The van der Waals surface area contributed by atoms with E-state index in [9.17, 15) is 9.59 Å². The first-order valence-electron chi connectivity index (χ1n) is 7.06. The van der Waals surface area contributed by atoms with Gasteiger partial charge in [-0.2, -0.15) is 0 Å². The predicted octanol–water partition coefficient (Wildman–Crippen LogP) is 3.22. The molecular formula is C17H19NO3S. The summed E-state index contributed by atoms with van der Waals surface area (Å²) in [6, 6.07) is 9.19. The Morgan fingerprint density at radius 1 is 1.41 bits per heavy atom. The zero-order valence-corrected chi connectivity index (χ0v) is 13.6. The zero-order chi connectivity index (χ0) is 16.2. The van der Waals surface area contributed by atoms with Gasteiger partial charge in [0.25, 0.3) is 0 Å². The highest BCUT2D eigenvalue weighted by molar-refractivity contribution is 8.15. The summed E-state index contributed by atoms with van der Waals surface area (Å²) in [5.74, 6) is -0.983. The van der Waals surface area contributed by atoms with Gasteiger partial charge in [0.2, 0.25) is 5.12 Å². The van der Waals surface area contributed by atoms with Crippen LogP contribution in [-0.2, 0) is 14.4 Å². The molecule has 0 N–H and O–H groups in total. The lowest BCUT2D eigenvalue weighted by molar-refractivity contribution is -0.127. The van der Waals surface area contributed by atoms with Crippen LogP contribution in [0.4, 0.5) is 0 Å². The van der Waals surface area contributed by atoms with Crippen molar-refractivity contribution in [1.82, 2.24) is 0 Å². The third-order valence-corrected chi connectivity index (χ3v) is 4.37. The minimum Gasteiger partial charge on any atom is -0.391 e. The molecule has 1 aliphatic rings. The Morgan fingerprint density at radius 3 is 2.68 bits per heavy atom. The molecule has 0 bridgehead atoms. The van der Waals surface area contributed by atoms with Gasteiger partial charge in [-0.15, -0.1) is 0 Å². The molecule has 5 heteroatoms. The summed E-state index contributed by atoms with van der Waals surface area (Å²) >= 11 is 1.20. The molecule has 1 heterocycles. The van der Waals surface area contributed by atoms with E-state index in [0.29, 0.717) is 12.1 Å². The fourth-order valence-electron chi connectivity index (χ4n) is 2.33. The third kappa shape index (κ3) is 3.85. The molecular weight excluding hydrogens is 298 g/mol. The number of ketones is 1. The molecule has 22 heavy (non-hydrogen) atoms. The second-order valence-electron chi connectivity index (χ2n) is 5.68. The van der Waals surface area contributed by atoms with Crippen LogP contribution in [0.25, 0.3) is 0 Å². The molecule has 4 nitrogen and oxygen atoms in total. The molecule has 1 saturated heterocycles. The van der Waals surface area contributed by atoms with Crippen LogP contribution >= 0.6 is 11.8 Å². The number of benzene rings is 1. The van der Waals surface area contributed by atoms with E-state index in [2.05, 4.69) is 11.7 Å². The second-order valence-corrected chi connectivity index (χ2v) is 7.40. The third-order valence-electron chi connectivity index (χ3n) is 3.23. The molecule has 2 rings (SSSR count). The van der Waals surface area contributed by atoms with Gasteiger partial charge in [0, 0.05) is 16.7 Å². The van der Waals surface area contributed by atoms with Gasteiger partial charge in [0.15, 0.2) is 5.78 Å². The van der Waals surface area contributed by atoms with Gasteiger partial charge in [-0.05, 0) is 13.8 Å². The Bertz CT molecular complexity index is 588. The lowest BCUT2D eigenvalue weighted by atomic mass is 9.88. The average molecular weight is 317 g/mol. The quantitative estimate of drug-likeness (QED) is 0.275. The van der Waals surface area contributed by atoms with E-state index in [1.807, 2.05) is 44.2 Å². The molecule has 1 aromatic carbocycles. The first kappa shape index (κ1) is 16.5. The van der Waals surface area contributed by atoms with Gasteiger partial charge in [-0.25, -0.2) is 0 Å². The summed E-state index contributed by atoms with van der Waals surface area (Å²) in [4.78, 5) is 30.1. The summed E-state index contributed by atoms with van der Waals surface area (Å²) in [7, 11) is 0. The van der Waals surface area contributed by atoms with Crippen molar-refractivity contribution >= 4 is 28.4 Å². The molecule has 0 spiro atoms. The van der Waals surface area contributed by atoms with Crippen LogP contribution < -0.4 is 0 Å². The maximum atomic E-state index is 12.5. The van der Waals surface area contributed by atoms with Crippen molar-refractivity contribution in [1.29, 1.82) is 0 Å². The molecule has 0 aromatic heterocycles. The van der Waals surface area contributed by atoms with E-state index in [-0.39, 0.29) is 22.3 Å². The predicted molar refractivity (Wildman–Crippen MR) is 88.9 cm³/mol. The summed E-state index contributed by atoms with van der Waals surface area (Å²) < 4.78 is -0.367. The molecule has 1 aliphatic heterocycles. The summed E-state index contributed by atoms with van der Waals surface area (Å²) in [5.41, 5.74) is 1.10. The van der Waals surface area contributed by atoms with Crippen molar-refractivity contribution in [3.8, 4) is 0 Å². The van der Waals surface area contributed by atoms with Crippen molar-refractivity contribution < 1.29 is 14.4 Å². The van der Waals surface area contributed by atoms with Crippen molar-refractivity contribution in [3.63, 3.8) is 0 Å².